The predicted octanol–water partition coefficient (Wildman–Crippen LogP) is 3.73. The number of nitrogens with one attached hydrogen (secondary N) is 1. The maximum Gasteiger partial charge on any atom is 0.573 e. The van der Waals surface area contributed by atoms with Crippen molar-refractivity contribution in [1.82, 2.24) is 10.2 Å². The van der Waals surface area contributed by atoms with Gasteiger partial charge in [0.15, 0.2) is 11.6 Å². The number of alkyl halides is 3. The Morgan fingerprint density at radius 3 is 2.33 bits per heavy atom. The van der Waals surface area contributed by atoms with Gasteiger partial charge >= 0.3 is 6.36 Å². The molecule has 1 aliphatic rings. The van der Waals surface area contributed by atoms with E-state index in [4.69, 9.17) is 0 Å². The first-order chi connectivity index (χ1) is 12.7. The topological polar surface area (TPSA) is 44.7 Å². The van der Waals surface area contributed by atoms with Crippen molar-refractivity contribution in [2.45, 2.75) is 19.3 Å². The summed E-state index contributed by atoms with van der Waals surface area (Å²) in [6.45, 7) is 4.48. The van der Waals surface area contributed by atoms with E-state index in [2.05, 4.69) is 15.0 Å². The van der Waals surface area contributed by atoms with Gasteiger partial charge in [0.1, 0.15) is 5.75 Å². The number of benzene rings is 2. The van der Waals surface area contributed by atoms with Gasteiger partial charge in [-0.15, -0.1) is 13.2 Å². The van der Waals surface area contributed by atoms with Crippen LogP contribution >= 0.6 is 0 Å². The van der Waals surface area contributed by atoms with Crippen molar-refractivity contribution in [3.8, 4) is 11.5 Å². The molecule has 27 heavy (non-hydrogen) atoms. The zero-order chi connectivity index (χ0) is 19.6. The van der Waals surface area contributed by atoms with Crippen molar-refractivity contribution < 1.29 is 27.4 Å². The number of phenolic OH excluding ortho intramolecular Hbond substituents is 1. The fourth-order valence-corrected chi connectivity index (χ4v) is 3.35. The standard InChI is InChI=1S/C19H20F4N2O2/c1-12-10-15(18(26)16(20)11-12)17(25-8-6-24-7-9-25)13-2-4-14(5-3-13)27-19(21,22)23/h2-5,10-11,17,24,26H,6-9H2,1H3/t17-/m0/s1. The Kier molecular flexibility index (Phi) is 5.57. The van der Waals surface area contributed by atoms with E-state index in [1.165, 1.54) is 30.3 Å². The van der Waals surface area contributed by atoms with E-state index in [0.717, 1.165) is 13.1 Å². The zero-order valence-electron chi connectivity index (χ0n) is 14.7. The molecule has 1 aliphatic heterocycles. The monoisotopic (exact) mass is 384 g/mol. The van der Waals surface area contributed by atoms with Gasteiger partial charge in [-0.25, -0.2) is 4.39 Å². The second-order valence-electron chi connectivity index (χ2n) is 6.49. The maximum atomic E-state index is 14.1. The van der Waals surface area contributed by atoms with E-state index in [9.17, 15) is 22.7 Å². The Hall–Kier alpha value is -2.32. The minimum Gasteiger partial charge on any atom is -0.505 e. The fourth-order valence-electron chi connectivity index (χ4n) is 3.35. The molecule has 0 spiro atoms. The molecule has 1 heterocycles. The average Bonchev–Trinajstić information content (AvgIpc) is 2.60. The second kappa shape index (κ2) is 7.74. The molecule has 1 atom stereocenters. The van der Waals surface area contributed by atoms with Crippen LogP contribution < -0.4 is 10.1 Å². The molecule has 0 amide bonds. The third-order valence-corrected chi connectivity index (χ3v) is 4.48. The van der Waals surface area contributed by atoms with Gasteiger partial charge < -0.3 is 15.2 Å². The summed E-state index contributed by atoms with van der Waals surface area (Å²) in [4.78, 5) is 2.06. The van der Waals surface area contributed by atoms with E-state index in [1.54, 1.807) is 13.0 Å². The van der Waals surface area contributed by atoms with Gasteiger partial charge in [0, 0.05) is 31.7 Å². The number of hydrogen-bond acceptors (Lipinski definition) is 4. The van der Waals surface area contributed by atoms with Gasteiger partial charge in [0.25, 0.3) is 0 Å². The van der Waals surface area contributed by atoms with Gasteiger partial charge in [0.2, 0.25) is 0 Å². The molecule has 0 aromatic heterocycles. The Bertz CT molecular complexity index is 788. The molecule has 1 fully saturated rings. The lowest BCUT2D eigenvalue weighted by molar-refractivity contribution is -0.274. The van der Waals surface area contributed by atoms with Crippen molar-refractivity contribution >= 4 is 0 Å². The van der Waals surface area contributed by atoms with Crippen molar-refractivity contribution in [2.24, 2.45) is 0 Å². The normalized spacial score (nSPS) is 16.9. The van der Waals surface area contributed by atoms with Crippen LogP contribution in [0.4, 0.5) is 17.6 Å². The zero-order valence-corrected chi connectivity index (χ0v) is 14.7. The van der Waals surface area contributed by atoms with Gasteiger partial charge in [-0.3, -0.25) is 4.90 Å². The van der Waals surface area contributed by atoms with Crippen LogP contribution in [0, 0.1) is 12.7 Å². The third-order valence-electron chi connectivity index (χ3n) is 4.48. The summed E-state index contributed by atoms with van der Waals surface area (Å²) in [7, 11) is 0. The number of rotatable bonds is 4. The summed E-state index contributed by atoms with van der Waals surface area (Å²) in [5, 5.41) is 13.5. The summed E-state index contributed by atoms with van der Waals surface area (Å²) < 4.78 is 55.2. The lowest BCUT2D eigenvalue weighted by Crippen LogP contribution is -2.45. The van der Waals surface area contributed by atoms with E-state index in [0.29, 0.717) is 29.8 Å². The summed E-state index contributed by atoms with van der Waals surface area (Å²) in [6.07, 6.45) is -4.77. The number of nitrogens with zero attached hydrogens (tertiary/aromatic N) is 1. The molecular formula is C19H20F4N2O2. The van der Waals surface area contributed by atoms with Gasteiger partial charge in [0.05, 0.1) is 6.04 Å². The number of aryl methyl sites for hydroxylation is 1. The Morgan fingerprint density at radius 1 is 1.11 bits per heavy atom. The van der Waals surface area contributed by atoms with Crippen molar-refractivity contribution in [1.29, 1.82) is 0 Å². The highest BCUT2D eigenvalue weighted by Gasteiger charge is 2.32. The first kappa shape index (κ1) is 19.4. The highest BCUT2D eigenvalue weighted by molar-refractivity contribution is 5.45. The highest BCUT2D eigenvalue weighted by Crippen LogP contribution is 2.37. The smallest absolute Gasteiger partial charge is 0.505 e. The molecule has 2 aromatic carbocycles. The summed E-state index contributed by atoms with van der Waals surface area (Å²) in [6, 6.07) is 7.92. The summed E-state index contributed by atoms with van der Waals surface area (Å²) >= 11 is 0. The minimum absolute atomic E-state index is 0.329. The second-order valence-corrected chi connectivity index (χ2v) is 6.49. The molecule has 0 saturated carbocycles. The third kappa shape index (κ3) is 4.70. The largest absolute Gasteiger partial charge is 0.573 e. The van der Waals surface area contributed by atoms with E-state index in [-0.39, 0.29) is 5.75 Å². The Balaban J connectivity index is 2.00. The van der Waals surface area contributed by atoms with Gasteiger partial charge in [-0.2, -0.15) is 0 Å². The SMILES string of the molecule is Cc1cc(F)c(O)c([C@H](c2ccc(OC(F)(F)F)cc2)N2CCNCC2)c1. The van der Waals surface area contributed by atoms with Crippen molar-refractivity contribution in [3.05, 3.63) is 58.9 Å². The first-order valence-corrected chi connectivity index (χ1v) is 8.54. The van der Waals surface area contributed by atoms with Crippen LogP contribution in [0.25, 0.3) is 0 Å². The first-order valence-electron chi connectivity index (χ1n) is 8.54. The predicted molar refractivity (Wildman–Crippen MR) is 92.2 cm³/mol. The van der Waals surface area contributed by atoms with Crippen LogP contribution in [0.2, 0.25) is 0 Å². The average molecular weight is 384 g/mol. The van der Waals surface area contributed by atoms with Crippen molar-refractivity contribution in [2.75, 3.05) is 26.2 Å². The molecule has 0 unspecified atom stereocenters. The molecule has 0 bridgehead atoms. The van der Waals surface area contributed by atoms with Crippen molar-refractivity contribution in [3.63, 3.8) is 0 Å². The summed E-state index contributed by atoms with van der Waals surface area (Å²) in [5.41, 5.74) is 1.68. The lowest BCUT2D eigenvalue weighted by Gasteiger charge is -2.36. The summed E-state index contributed by atoms with van der Waals surface area (Å²) in [5.74, 6) is -1.49. The molecule has 3 rings (SSSR count). The Labute approximate surface area is 154 Å². The molecule has 2 N–H and O–H groups in total. The van der Waals surface area contributed by atoms with Gasteiger partial charge in [-0.05, 0) is 36.2 Å². The van der Waals surface area contributed by atoms with Crippen LogP contribution in [0.15, 0.2) is 36.4 Å². The Morgan fingerprint density at radius 2 is 1.74 bits per heavy atom. The van der Waals surface area contributed by atoms with E-state index < -0.39 is 24.0 Å². The molecular weight excluding hydrogens is 364 g/mol. The molecule has 4 nitrogen and oxygen atoms in total. The minimum atomic E-state index is -4.77. The quantitative estimate of drug-likeness (QED) is 0.789. The molecule has 8 heteroatoms. The van der Waals surface area contributed by atoms with E-state index in [1.807, 2.05) is 0 Å². The number of aromatic hydroxyl groups is 1. The molecule has 1 saturated heterocycles. The maximum absolute atomic E-state index is 14.1. The lowest BCUT2D eigenvalue weighted by atomic mass is 9.94. The number of hydrogen-bond donors (Lipinski definition) is 2. The van der Waals surface area contributed by atoms with Crippen LogP contribution in [-0.2, 0) is 0 Å². The number of piperazine rings is 1. The van der Waals surface area contributed by atoms with Gasteiger partial charge in [-0.1, -0.05) is 18.2 Å². The number of phenols is 1. The molecule has 146 valence electrons. The highest BCUT2D eigenvalue weighted by atomic mass is 19.4. The number of ether oxygens (including phenoxy) is 1. The van der Waals surface area contributed by atoms with E-state index >= 15 is 0 Å². The van der Waals surface area contributed by atoms with Crippen LogP contribution in [0.3, 0.4) is 0 Å². The molecule has 0 aliphatic carbocycles. The molecule has 0 radical (unpaired) electrons. The fraction of sp³-hybridized carbons (Fsp3) is 0.368. The number of halogens is 4. The van der Waals surface area contributed by atoms with Crippen LogP contribution in [0.1, 0.15) is 22.7 Å². The van der Waals surface area contributed by atoms with Crippen LogP contribution in [0.5, 0.6) is 11.5 Å². The van der Waals surface area contributed by atoms with Crippen LogP contribution in [-0.4, -0.2) is 42.5 Å². The molecule has 2 aromatic rings.